The molecule has 0 aliphatic heterocycles. The molecule has 4 aliphatic rings. The minimum Gasteiger partial charge on any atom is -0.427 e. The third kappa shape index (κ3) is 2.18. The van der Waals surface area contributed by atoms with Gasteiger partial charge in [-0.25, -0.2) is 0 Å². The van der Waals surface area contributed by atoms with Gasteiger partial charge in [0.05, 0.1) is 0 Å². The van der Waals surface area contributed by atoms with Crippen LogP contribution in [0.2, 0.25) is 0 Å². The Balaban J connectivity index is 1.19. The predicted molar refractivity (Wildman–Crippen MR) is 88.7 cm³/mol. The summed E-state index contributed by atoms with van der Waals surface area (Å²) in [5.74, 6) is 6.88. The lowest BCUT2D eigenvalue weighted by Gasteiger charge is -2.36. The van der Waals surface area contributed by atoms with Crippen LogP contribution in [-0.4, -0.2) is 5.97 Å². The van der Waals surface area contributed by atoms with Crippen LogP contribution in [0.3, 0.4) is 0 Å². The Morgan fingerprint density at radius 2 is 1.78 bits per heavy atom. The molecule has 23 heavy (non-hydrogen) atoms. The lowest BCUT2D eigenvalue weighted by Crippen LogP contribution is -2.31. The maximum absolute atomic E-state index is 12.1. The summed E-state index contributed by atoms with van der Waals surface area (Å²) < 4.78 is 5.44. The maximum atomic E-state index is 12.1. The SMILES string of the molecule is O=C(CCC1CC2CC1C1C3C=CC(C3)C21)Oc1ccccc1. The molecule has 0 heterocycles. The average Bonchev–Trinajstić information content (AvgIpc) is 3.32. The zero-order chi connectivity index (χ0) is 15.4. The van der Waals surface area contributed by atoms with Crippen LogP contribution >= 0.6 is 0 Å². The summed E-state index contributed by atoms with van der Waals surface area (Å²) in [6.45, 7) is 0. The van der Waals surface area contributed by atoms with Gasteiger partial charge in [-0.2, -0.15) is 0 Å². The molecule has 0 saturated heterocycles. The van der Waals surface area contributed by atoms with E-state index in [9.17, 15) is 4.79 Å². The van der Waals surface area contributed by atoms with Gasteiger partial charge in [0, 0.05) is 6.42 Å². The standard InChI is InChI=1S/C21H24O2/c22-19(23-17-4-2-1-3-5-17)9-8-13-10-16-12-18(13)21-15-7-6-14(11-15)20(16)21/h1-7,13-16,18,20-21H,8-12H2. The number of para-hydroxylation sites is 1. The van der Waals surface area contributed by atoms with E-state index in [4.69, 9.17) is 4.74 Å². The first-order valence-corrected chi connectivity index (χ1v) is 9.23. The van der Waals surface area contributed by atoms with E-state index in [2.05, 4.69) is 12.2 Å². The van der Waals surface area contributed by atoms with Gasteiger partial charge in [-0.3, -0.25) is 4.79 Å². The molecule has 0 N–H and O–H groups in total. The van der Waals surface area contributed by atoms with Gasteiger partial charge in [0.2, 0.25) is 0 Å². The number of ether oxygens (including phenoxy) is 1. The molecule has 2 heteroatoms. The first kappa shape index (κ1) is 13.8. The van der Waals surface area contributed by atoms with Crippen LogP contribution in [0.5, 0.6) is 5.75 Å². The van der Waals surface area contributed by atoms with Crippen molar-refractivity contribution in [2.24, 2.45) is 41.4 Å². The molecule has 3 saturated carbocycles. The molecular formula is C21H24O2. The number of fused-ring (bicyclic) bond motifs is 9. The molecular weight excluding hydrogens is 284 g/mol. The Bertz CT molecular complexity index is 635. The highest BCUT2D eigenvalue weighted by Crippen LogP contribution is 2.67. The van der Waals surface area contributed by atoms with E-state index >= 15 is 0 Å². The third-order valence-electron chi connectivity index (χ3n) is 7.10. The van der Waals surface area contributed by atoms with Crippen molar-refractivity contribution in [3.8, 4) is 5.75 Å². The lowest BCUT2D eigenvalue weighted by atomic mass is 9.68. The summed E-state index contributed by atoms with van der Waals surface area (Å²) in [6, 6.07) is 9.44. The molecule has 7 atom stereocenters. The first-order chi connectivity index (χ1) is 11.3. The van der Waals surface area contributed by atoms with E-state index in [0.717, 1.165) is 47.8 Å². The monoisotopic (exact) mass is 308 g/mol. The van der Waals surface area contributed by atoms with Crippen molar-refractivity contribution in [2.75, 3.05) is 0 Å². The van der Waals surface area contributed by atoms with Crippen LogP contribution in [-0.2, 0) is 4.79 Å². The Morgan fingerprint density at radius 1 is 1.00 bits per heavy atom. The molecule has 5 rings (SSSR count). The number of hydrogen-bond donors (Lipinski definition) is 0. The van der Waals surface area contributed by atoms with Crippen molar-refractivity contribution in [3.05, 3.63) is 42.5 Å². The maximum Gasteiger partial charge on any atom is 0.311 e. The number of esters is 1. The van der Waals surface area contributed by atoms with Gasteiger partial charge in [-0.15, -0.1) is 0 Å². The number of carbonyl (C=O) groups excluding carboxylic acids is 1. The van der Waals surface area contributed by atoms with Gasteiger partial charge >= 0.3 is 5.97 Å². The molecule has 0 radical (unpaired) electrons. The topological polar surface area (TPSA) is 26.3 Å². The Morgan fingerprint density at radius 3 is 2.61 bits per heavy atom. The van der Waals surface area contributed by atoms with Crippen molar-refractivity contribution in [1.29, 1.82) is 0 Å². The van der Waals surface area contributed by atoms with Gasteiger partial charge in [-0.05, 0) is 79.2 Å². The molecule has 1 aromatic carbocycles. The quantitative estimate of drug-likeness (QED) is 0.355. The fourth-order valence-corrected chi connectivity index (χ4v) is 6.46. The fourth-order valence-electron chi connectivity index (χ4n) is 6.46. The molecule has 0 amide bonds. The second kappa shape index (κ2) is 5.22. The Hall–Kier alpha value is -1.57. The summed E-state index contributed by atoms with van der Waals surface area (Å²) in [6.07, 6.45) is 10.8. The molecule has 2 nitrogen and oxygen atoms in total. The molecule has 1 aromatic rings. The summed E-state index contributed by atoms with van der Waals surface area (Å²) in [7, 11) is 0. The molecule has 0 aromatic heterocycles. The average molecular weight is 308 g/mol. The van der Waals surface area contributed by atoms with Crippen molar-refractivity contribution in [2.45, 2.75) is 32.1 Å². The number of benzene rings is 1. The molecule has 120 valence electrons. The van der Waals surface area contributed by atoms with Gasteiger partial charge in [0.25, 0.3) is 0 Å². The highest BCUT2D eigenvalue weighted by Gasteiger charge is 2.60. The predicted octanol–water partition coefficient (Wildman–Crippen LogP) is 4.47. The van der Waals surface area contributed by atoms with Crippen molar-refractivity contribution in [3.63, 3.8) is 0 Å². The van der Waals surface area contributed by atoms with Crippen molar-refractivity contribution < 1.29 is 9.53 Å². The normalized spacial score (nSPS) is 42.2. The molecule has 7 unspecified atom stereocenters. The zero-order valence-electron chi connectivity index (χ0n) is 13.4. The fraction of sp³-hybridized carbons (Fsp3) is 0.571. The summed E-state index contributed by atoms with van der Waals surface area (Å²) in [5, 5.41) is 0. The van der Waals surface area contributed by atoms with Crippen LogP contribution in [0.25, 0.3) is 0 Å². The van der Waals surface area contributed by atoms with Crippen LogP contribution in [0.1, 0.15) is 32.1 Å². The van der Waals surface area contributed by atoms with E-state index in [1.807, 2.05) is 30.3 Å². The highest BCUT2D eigenvalue weighted by molar-refractivity contribution is 5.72. The smallest absolute Gasteiger partial charge is 0.311 e. The van der Waals surface area contributed by atoms with Gasteiger partial charge in [-0.1, -0.05) is 30.4 Å². The van der Waals surface area contributed by atoms with E-state index in [1.54, 1.807) is 0 Å². The highest BCUT2D eigenvalue weighted by atomic mass is 16.5. The zero-order valence-corrected chi connectivity index (χ0v) is 13.4. The van der Waals surface area contributed by atoms with Gasteiger partial charge < -0.3 is 4.74 Å². The molecule has 3 fully saturated rings. The summed E-state index contributed by atoms with van der Waals surface area (Å²) in [5.41, 5.74) is 0. The van der Waals surface area contributed by atoms with E-state index in [-0.39, 0.29) is 5.97 Å². The van der Waals surface area contributed by atoms with E-state index in [1.165, 1.54) is 19.3 Å². The molecule has 0 spiro atoms. The minimum atomic E-state index is -0.0663. The second-order valence-electron chi connectivity index (χ2n) is 8.08. The Labute approximate surface area is 137 Å². The largest absolute Gasteiger partial charge is 0.427 e. The van der Waals surface area contributed by atoms with Crippen LogP contribution in [0.4, 0.5) is 0 Å². The first-order valence-electron chi connectivity index (χ1n) is 9.23. The van der Waals surface area contributed by atoms with E-state index in [0.29, 0.717) is 12.2 Å². The summed E-state index contributed by atoms with van der Waals surface area (Å²) >= 11 is 0. The molecule has 4 bridgehead atoms. The number of allylic oxidation sites excluding steroid dienone is 2. The lowest BCUT2D eigenvalue weighted by molar-refractivity contribution is -0.134. The van der Waals surface area contributed by atoms with Crippen LogP contribution in [0.15, 0.2) is 42.5 Å². The third-order valence-corrected chi connectivity index (χ3v) is 7.10. The van der Waals surface area contributed by atoms with Crippen LogP contribution in [0, 0.1) is 41.4 Å². The number of hydrogen-bond acceptors (Lipinski definition) is 2. The second-order valence-corrected chi connectivity index (χ2v) is 8.08. The van der Waals surface area contributed by atoms with Crippen molar-refractivity contribution in [1.82, 2.24) is 0 Å². The summed E-state index contributed by atoms with van der Waals surface area (Å²) in [4.78, 5) is 12.1. The molecule has 4 aliphatic carbocycles. The minimum absolute atomic E-state index is 0.0663. The van der Waals surface area contributed by atoms with Gasteiger partial charge in [0.1, 0.15) is 5.75 Å². The van der Waals surface area contributed by atoms with Gasteiger partial charge in [0.15, 0.2) is 0 Å². The van der Waals surface area contributed by atoms with Crippen LogP contribution < -0.4 is 4.74 Å². The number of rotatable bonds is 4. The van der Waals surface area contributed by atoms with Crippen molar-refractivity contribution >= 4 is 5.97 Å². The van der Waals surface area contributed by atoms with E-state index < -0.39 is 0 Å². The number of carbonyl (C=O) groups is 1. The Kier molecular flexibility index (Phi) is 3.14.